The van der Waals surface area contributed by atoms with Gasteiger partial charge in [-0.3, -0.25) is 4.79 Å². The van der Waals surface area contributed by atoms with Gasteiger partial charge in [0.25, 0.3) is 0 Å². The monoisotopic (exact) mass is 483 g/mol. The minimum atomic E-state index is -4.69. The van der Waals surface area contributed by atoms with Crippen molar-refractivity contribution in [2.75, 3.05) is 0 Å². The number of nitrogens with two attached hydrogens (primary N) is 1. The van der Waals surface area contributed by atoms with E-state index in [4.69, 9.17) is 15.6 Å². The van der Waals surface area contributed by atoms with Gasteiger partial charge in [0.15, 0.2) is 0 Å². The van der Waals surface area contributed by atoms with Crippen molar-refractivity contribution in [1.29, 1.82) is 0 Å². The Morgan fingerprint density at radius 1 is 1.09 bits per heavy atom. The van der Waals surface area contributed by atoms with Crippen LogP contribution in [0.3, 0.4) is 0 Å². The normalized spacial score (nSPS) is 13.3. The number of carboxylic acid groups (broad SMARTS) is 1. The third kappa shape index (κ3) is 5.82. The van der Waals surface area contributed by atoms with Crippen molar-refractivity contribution in [1.82, 2.24) is 19.5 Å². The molecule has 4 aromatic rings. The SMILES string of the molecule is NC(Cc1ccc(-c2cc(OC(c3ccc(-n4ccnc4)cc3)C(F)(F)F)ncn2)cc1)C(=O)O. The number of alkyl halides is 3. The smallest absolute Gasteiger partial charge is 0.429 e. The number of ether oxygens (including phenoxy) is 1. The number of benzene rings is 2. The van der Waals surface area contributed by atoms with Gasteiger partial charge in [0.2, 0.25) is 12.0 Å². The van der Waals surface area contributed by atoms with Gasteiger partial charge in [0.1, 0.15) is 12.4 Å². The van der Waals surface area contributed by atoms with Gasteiger partial charge in [-0.05, 0) is 24.1 Å². The van der Waals surface area contributed by atoms with Crippen molar-refractivity contribution in [3.63, 3.8) is 0 Å². The largest absolute Gasteiger partial charge is 0.480 e. The number of carbonyl (C=O) groups is 1. The fraction of sp³-hybridized carbons (Fsp3) is 0.167. The molecule has 0 fully saturated rings. The molecule has 0 saturated heterocycles. The van der Waals surface area contributed by atoms with E-state index in [0.717, 1.165) is 6.33 Å². The van der Waals surface area contributed by atoms with Crippen LogP contribution >= 0.6 is 0 Å². The average molecular weight is 483 g/mol. The molecule has 0 aliphatic heterocycles. The van der Waals surface area contributed by atoms with Crippen molar-refractivity contribution >= 4 is 5.97 Å². The molecule has 2 unspecified atom stereocenters. The second-order valence-electron chi connectivity index (χ2n) is 7.69. The molecule has 8 nitrogen and oxygen atoms in total. The third-order valence-electron chi connectivity index (χ3n) is 5.20. The predicted molar refractivity (Wildman–Crippen MR) is 120 cm³/mol. The zero-order valence-corrected chi connectivity index (χ0v) is 18.1. The van der Waals surface area contributed by atoms with Gasteiger partial charge in [-0.2, -0.15) is 13.2 Å². The van der Waals surface area contributed by atoms with E-state index in [1.165, 1.54) is 18.2 Å². The number of hydrogen-bond donors (Lipinski definition) is 2. The van der Waals surface area contributed by atoms with E-state index in [2.05, 4.69) is 15.0 Å². The molecule has 0 spiro atoms. The highest BCUT2D eigenvalue weighted by Crippen LogP contribution is 2.37. The van der Waals surface area contributed by atoms with Crippen LogP contribution in [0.25, 0.3) is 16.9 Å². The predicted octanol–water partition coefficient (Wildman–Crippen LogP) is 3.97. The molecule has 0 bridgehead atoms. The lowest BCUT2D eigenvalue weighted by Gasteiger charge is -2.22. The number of hydrogen-bond acceptors (Lipinski definition) is 6. The first-order chi connectivity index (χ1) is 16.7. The maximum atomic E-state index is 13.9. The van der Waals surface area contributed by atoms with E-state index < -0.39 is 24.3 Å². The standard InChI is InChI=1S/C24H20F3N5O3/c25-24(26,27)22(17-5-7-18(8-6-17)32-10-9-29-14-32)35-21-12-20(30-13-31-21)16-3-1-15(2-4-16)11-19(28)23(33)34/h1-10,12-14,19,22H,11,28H2,(H,33,34). The lowest BCUT2D eigenvalue weighted by molar-refractivity contribution is -0.198. The molecular formula is C24H20F3N5O3. The number of carboxylic acids is 1. The minimum absolute atomic E-state index is 0.0827. The van der Waals surface area contributed by atoms with Crippen LogP contribution in [0, 0.1) is 0 Å². The number of aromatic nitrogens is 4. The summed E-state index contributed by atoms with van der Waals surface area (Å²) in [5.74, 6) is -1.35. The molecule has 0 saturated carbocycles. The second-order valence-corrected chi connectivity index (χ2v) is 7.69. The Labute approximate surface area is 197 Å². The van der Waals surface area contributed by atoms with E-state index in [9.17, 15) is 18.0 Å². The Hall–Kier alpha value is -4.25. The van der Waals surface area contributed by atoms with Crippen molar-refractivity contribution in [2.24, 2.45) is 5.73 Å². The summed E-state index contributed by atoms with van der Waals surface area (Å²) in [4.78, 5) is 22.8. The average Bonchev–Trinajstić information content (AvgIpc) is 3.38. The quantitative estimate of drug-likeness (QED) is 0.390. The highest BCUT2D eigenvalue weighted by Gasteiger charge is 2.43. The molecule has 4 rings (SSSR count). The van der Waals surface area contributed by atoms with E-state index in [-0.39, 0.29) is 17.9 Å². The second kappa shape index (κ2) is 9.94. The highest BCUT2D eigenvalue weighted by atomic mass is 19.4. The molecule has 2 aromatic carbocycles. The first-order valence-electron chi connectivity index (χ1n) is 10.4. The summed E-state index contributed by atoms with van der Waals surface area (Å²) >= 11 is 0. The van der Waals surface area contributed by atoms with Crippen LogP contribution in [0.15, 0.2) is 79.6 Å². The van der Waals surface area contributed by atoms with Crippen molar-refractivity contribution in [2.45, 2.75) is 24.7 Å². The first kappa shape index (κ1) is 23.9. The van der Waals surface area contributed by atoms with Crippen LogP contribution in [0.5, 0.6) is 5.88 Å². The van der Waals surface area contributed by atoms with Crippen LogP contribution < -0.4 is 10.5 Å². The maximum Gasteiger partial charge on any atom is 0.429 e. The first-order valence-corrected chi connectivity index (χ1v) is 10.4. The zero-order chi connectivity index (χ0) is 25.0. The molecular weight excluding hydrogens is 463 g/mol. The maximum absolute atomic E-state index is 13.9. The molecule has 11 heteroatoms. The van der Waals surface area contributed by atoms with Crippen LogP contribution in [0.2, 0.25) is 0 Å². The molecule has 2 heterocycles. The highest BCUT2D eigenvalue weighted by molar-refractivity contribution is 5.73. The lowest BCUT2D eigenvalue weighted by atomic mass is 10.0. The van der Waals surface area contributed by atoms with E-state index in [1.54, 1.807) is 59.7 Å². The van der Waals surface area contributed by atoms with Crippen LogP contribution in [0.1, 0.15) is 17.2 Å². The van der Waals surface area contributed by atoms with Crippen LogP contribution in [-0.2, 0) is 11.2 Å². The van der Waals surface area contributed by atoms with Crippen molar-refractivity contribution in [3.05, 3.63) is 90.8 Å². The Morgan fingerprint density at radius 2 is 1.80 bits per heavy atom. The van der Waals surface area contributed by atoms with Gasteiger partial charge in [0.05, 0.1) is 12.0 Å². The summed E-state index contributed by atoms with van der Waals surface area (Å²) in [6.07, 6.45) is -0.867. The summed E-state index contributed by atoms with van der Waals surface area (Å²) in [7, 11) is 0. The molecule has 0 amide bonds. The summed E-state index contributed by atoms with van der Waals surface area (Å²) in [6.45, 7) is 0. The van der Waals surface area contributed by atoms with Gasteiger partial charge in [-0.1, -0.05) is 36.4 Å². The van der Waals surface area contributed by atoms with E-state index in [1.807, 2.05) is 0 Å². The van der Waals surface area contributed by atoms with Crippen molar-refractivity contribution < 1.29 is 27.8 Å². The fourth-order valence-corrected chi connectivity index (χ4v) is 3.39. The topological polar surface area (TPSA) is 116 Å². The van der Waals surface area contributed by atoms with Crippen molar-refractivity contribution in [3.8, 4) is 22.8 Å². The molecule has 0 radical (unpaired) electrons. The molecule has 0 aliphatic rings. The van der Waals surface area contributed by atoms with Crippen LogP contribution in [-0.4, -0.2) is 42.8 Å². The fourth-order valence-electron chi connectivity index (χ4n) is 3.39. The summed E-state index contributed by atoms with van der Waals surface area (Å²) < 4.78 is 48.5. The molecule has 3 N–H and O–H groups in total. The molecule has 0 aliphatic carbocycles. The number of nitrogens with zero attached hydrogens (tertiary/aromatic N) is 4. The summed E-state index contributed by atoms with van der Waals surface area (Å²) in [5, 5.41) is 8.94. The zero-order valence-electron chi connectivity index (χ0n) is 18.1. The van der Waals surface area contributed by atoms with Gasteiger partial charge >= 0.3 is 12.1 Å². The molecule has 180 valence electrons. The van der Waals surface area contributed by atoms with Crippen LogP contribution in [0.4, 0.5) is 13.2 Å². The number of imidazole rings is 1. The Kier molecular flexibility index (Phi) is 6.78. The minimum Gasteiger partial charge on any atom is -0.480 e. The van der Waals surface area contributed by atoms with Gasteiger partial charge in [-0.15, -0.1) is 0 Å². The van der Waals surface area contributed by atoms with E-state index >= 15 is 0 Å². The molecule has 35 heavy (non-hydrogen) atoms. The third-order valence-corrected chi connectivity index (χ3v) is 5.20. The Morgan fingerprint density at radius 3 is 2.40 bits per heavy atom. The summed E-state index contributed by atoms with van der Waals surface area (Å²) in [6, 6.07) is 12.8. The Balaban J connectivity index is 1.54. The van der Waals surface area contributed by atoms with Gasteiger partial charge in [0, 0.05) is 35.3 Å². The lowest BCUT2D eigenvalue weighted by Crippen LogP contribution is -2.32. The Bertz CT molecular complexity index is 1280. The number of rotatable bonds is 8. The molecule has 2 aromatic heterocycles. The molecule has 2 atom stereocenters. The van der Waals surface area contributed by atoms with E-state index in [0.29, 0.717) is 22.5 Å². The van der Waals surface area contributed by atoms with Gasteiger partial charge < -0.3 is 20.1 Å². The number of aliphatic carboxylic acids is 1. The van der Waals surface area contributed by atoms with Gasteiger partial charge in [-0.25, -0.2) is 15.0 Å². The summed E-state index contributed by atoms with van der Waals surface area (Å²) in [5.41, 5.74) is 7.76. The number of halogens is 3.